The molecule has 0 spiro atoms. The van der Waals surface area contributed by atoms with Gasteiger partial charge in [-0.15, -0.1) is 0 Å². The number of pyridine rings is 1. The van der Waals surface area contributed by atoms with Crippen molar-refractivity contribution >= 4 is 17.5 Å². The number of rotatable bonds is 3. The van der Waals surface area contributed by atoms with Gasteiger partial charge in [0.25, 0.3) is 0 Å². The Kier molecular flexibility index (Phi) is 4.83. The lowest BCUT2D eigenvalue weighted by molar-refractivity contribution is 0.312. The molecule has 0 unspecified atom stereocenters. The summed E-state index contributed by atoms with van der Waals surface area (Å²) in [7, 11) is 2.15. The highest BCUT2D eigenvalue weighted by atomic mass is 19.1. The van der Waals surface area contributed by atoms with Crippen LogP contribution < -0.4 is 14.7 Å². The molecule has 0 N–H and O–H groups in total. The smallest absolute Gasteiger partial charge is 0.165 e. The van der Waals surface area contributed by atoms with Gasteiger partial charge in [-0.2, -0.15) is 0 Å². The lowest BCUT2D eigenvalue weighted by Crippen LogP contribution is -2.47. The maximum atomic E-state index is 13.9. The number of hydrogen-bond acceptors (Lipinski definition) is 7. The van der Waals surface area contributed by atoms with Crippen LogP contribution in [0.15, 0.2) is 30.7 Å². The van der Waals surface area contributed by atoms with Gasteiger partial charge in [0.15, 0.2) is 11.6 Å². The van der Waals surface area contributed by atoms with Gasteiger partial charge in [-0.3, -0.25) is 0 Å². The van der Waals surface area contributed by atoms with Gasteiger partial charge in [0.2, 0.25) is 0 Å². The zero-order valence-corrected chi connectivity index (χ0v) is 15.1. The first-order valence-electron chi connectivity index (χ1n) is 9.06. The van der Waals surface area contributed by atoms with Crippen molar-refractivity contribution in [2.24, 2.45) is 0 Å². The van der Waals surface area contributed by atoms with Crippen molar-refractivity contribution in [2.75, 3.05) is 74.1 Å². The van der Waals surface area contributed by atoms with Gasteiger partial charge in [0.1, 0.15) is 18.0 Å². The van der Waals surface area contributed by atoms with Crippen LogP contribution in [0.25, 0.3) is 0 Å². The molecule has 2 aromatic heterocycles. The molecule has 2 aliphatic rings. The van der Waals surface area contributed by atoms with E-state index in [9.17, 15) is 4.39 Å². The van der Waals surface area contributed by atoms with E-state index in [2.05, 4.69) is 42.8 Å². The molecule has 7 nitrogen and oxygen atoms in total. The average Bonchev–Trinajstić information content (AvgIpc) is 2.69. The second-order valence-electron chi connectivity index (χ2n) is 6.81. The first-order chi connectivity index (χ1) is 12.7. The SMILES string of the molecule is CN1CCN(c2cc(N3CCN(c4ncccc4F)CC3)ncn2)CC1. The first kappa shape index (κ1) is 17.0. The van der Waals surface area contributed by atoms with Gasteiger partial charge in [-0.05, 0) is 19.2 Å². The zero-order chi connectivity index (χ0) is 17.9. The Morgan fingerprint density at radius 2 is 1.38 bits per heavy atom. The molecule has 0 saturated carbocycles. The molecule has 4 rings (SSSR count). The quantitative estimate of drug-likeness (QED) is 0.815. The number of piperazine rings is 2. The van der Waals surface area contributed by atoms with Gasteiger partial charge < -0.3 is 19.6 Å². The monoisotopic (exact) mass is 357 g/mol. The Morgan fingerprint density at radius 3 is 2.00 bits per heavy atom. The van der Waals surface area contributed by atoms with E-state index in [0.29, 0.717) is 5.82 Å². The second-order valence-corrected chi connectivity index (χ2v) is 6.81. The summed E-state index contributed by atoms with van der Waals surface area (Å²) >= 11 is 0. The fraction of sp³-hybridized carbons (Fsp3) is 0.500. The molecule has 0 atom stereocenters. The summed E-state index contributed by atoms with van der Waals surface area (Å²) in [5.41, 5.74) is 0. The van der Waals surface area contributed by atoms with Gasteiger partial charge >= 0.3 is 0 Å². The zero-order valence-electron chi connectivity index (χ0n) is 15.1. The minimum atomic E-state index is -0.264. The molecule has 2 fully saturated rings. The molecular weight excluding hydrogens is 333 g/mol. The topological polar surface area (TPSA) is 51.6 Å². The van der Waals surface area contributed by atoms with Crippen LogP contribution in [0.1, 0.15) is 0 Å². The molecule has 2 aliphatic heterocycles. The van der Waals surface area contributed by atoms with Crippen molar-refractivity contribution in [3.05, 3.63) is 36.5 Å². The lowest BCUT2D eigenvalue weighted by atomic mass is 10.3. The first-order valence-corrected chi connectivity index (χ1v) is 9.06. The predicted molar refractivity (Wildman–Crippen MR) is 100 cm³/mol. The highest BCUT2D eigenvalue weighted by Crippen LogP contribution is 2.22. The van der Waals surface area contributed by atoms with Crippen LogP contribution in [-0.2, 0) is 0 Å². The molecule has 4 heterocycles. The summed E-state index contributed by atoms with van der Waals surface area (Å²) in [6.45, 7) is 7.09. The highest BCUT2D eigenvalue weighted by Gasteiger charge is 2.22. The highest BCUT2D eigenvalue weighted by molar-refractivity contribution is 5.52. The maximum absolute atomic E-state index is 13.9. The Hall–Kier alpha value is -2.48. The summed E-state index contributed by atoms with van der Waals surface area (Å²) in [6, 6.07) is 5.15. The van der Waals surface area contributed by atoms with E-state index in [1.165, 1.54) is 6.07 Å². The van der Waals surface area contributed by atoms with Crippen molar-refractivity contribution in [2.45, 2.75) is 0 Å². The third-order valence-corrected chi connectivity index (χ3v) is 5.11. The van der Waals surface area contributed by atoms with E-state index < -0.39 is 0 Å². The summed E-state index contributed by atoms with van der Waals surface area (Å²) in [5.74, 6) is 2.10. The molecule has 138 valence electrons. The van der Waals surface area contributed by atoms with Crippen molar-refractivity contribution in [1.29, 1.82) is 0 Å². The van der Waals surface area contributed by atoms with Crippen LogP contribution in [0.2, 0.25) is 0 Å². The summed E-state index contributed by atoms with van der Waals surface area (Å²) in [5, 5.41) is 0. The summed E-state index contributed by atoms with van der Waals surface area (Å²) in [6.07, 6.45) is 3.28. The third-order valence-electron chi connectivity index (χ3n) is 5.11. The Morgan fingerprint density at radius 1 is 0.808 bits per heavy atom. The number of hydrogen-bond donors (Lipinski definition) is 0. The van der Waals surface area contributed by atoms with Crippen molar-refractivity contribution in [3.63, 3.8) is 0 Å². The average molecular weight is 357 g/mol. The maximum Gasteiger partial charge on any atom is 0.165 e. The van der Waals surface area contributed by atoms with Crippen molar-refractivity contribution < 1.29 is 4.39 Å². The minimum Gasteiger partial charge on any atom is -0.354 e. The van der Waals surface area contributed by atoms with Gasteiger partial charge in [-0.1, -0.05) is 0 Å². The molecule has 0 aromatic carbocycles. The molecule has 2 saturated heterocycles. The van der Waals surface area contributed by atoms with Gasteiger partial charge in [0, 0.05) is 64.6 Å². The van der Waals surface area contributed by atoms with Crippen LogP contribution in [0.3, 0.4) is 0 Å². The summed E-state index contributed by atoms with van der Waals surface area (Å²) in [4.78, 5) is 22.0. The van der Waals surface area contributed by atoms with Gasteiger partial charge in [0.05, 0.1) is 0 Å². The fourth-order valence-electron chi connectivity index (χ4n) is 3.48. The molecule has 0 radical (unpaired) electrons. The molecule has 0 amide bonds. The number of nitrogens with zero attached hydrogens (tertiary/aromatic N) is 7. The normalized spacial score (nSPS) is 19.1. The molecule has 0 bridgehead atoms. The van der Waals surface area contributed by atoms with E-state index in [1.807, 2.05) is 4.90 Å². The number of aromatic nitrogens is 3. The number of likely N-dealkylation sites (N-methyl/N-ethyl adjacent to an activating group) is 1. The Bertz CT molecular complexity index is 740. The molecule has 8 heteroatoms. The van der Waals surface area contributed by atoms with Crippen LogP contribution in [0.4, 0.5) is 21.8 Å². The lowest BCUT2D eigenvalue weighted by Gasteiger charge is -2.37. The van der Waals surface area contributed by atoms with E-state index in [4.69, 9.17) is 0 Å². The van der Waals surface area contributed by atoms with Crippen LogP contribution >= 0.6 is 0 Å². The van der Waals surface area contributed by atoms with Crippen molar-refractivity contribution in [3.8, 4) is 0 Å². The Labute approximate surface area is 153 Å². The molecule has 0 aliphatic carbocycles. The molecular formula is C18H24FN7. The van der Waals surface area contributed by atoms with E-state index in [-0.39, 0.29) is 5.82 Å². The van der Waals surface area contributed by atoms with Crippen LogP contribution in [0.5, 0.6) is 0 Å². The molecule has 26 heavy (non-hydrogen) atoms. The largest absolute Gasteiger partial charge is 0.354 e. The second kappa shape index (κ2) is 7.41. The number of anilines is 3. The third kappa shape index (κ3) is 3.55. The van der Waals surface area contributed by atoms with Gasteiger partial charge in [-0.25, -0.2) is 19.3 Å². The van der Waals surface area contributed by atoms with E-state index >= 15 is 0 Å². The standard InChI is InChI=1S/C18H24FN7/c1-23-5-7-24(8-6-23)16-13-17(22-14-21-16)25-9-11-26(12-10-25)18-15(19)3-2-4-20-18/h2-4,13-14H,5-12H2,1H3. The predicted octanol–water partition coefficient (Wildman–Crippen LogP) is 1.09. The number of halogens is 1. The van der Waals surface area contributed by atoms with E-state index in [1.54, 1.807) is 18.6 Å². The Balaban J connectivity index is 1.42. The molecule has 2 aromatic rings. The van der Waals surface area contributed by atoms with Crippen LogP contribution in [0, 0.1) is 5.82 Å². The van der Waals surface area contributed by atoms with Crippen molar-refractivity contribution in [1.82, 2.24) is 19.9 Å². The van der Waals surface area contributed by atoms with E-state index in [0.717, 1.165) is 64.0 Å². The van der Waals surface area contributed by atoms with Crippen LogP contribution in [-0.4, -0.2) is 79.3 Å². The fourth-order valence-corrected chi connectivity index (χ4v) is 3.48. The minimum absolute atomic E-state index is 0.264. The summed E-state index contributed by atoms with van der Waals surface area (Å²) < 4.78 is 13.9.